The van der Waals surface area contributed by atoms with Gasteiger partial charge in [0.15, 0.2) is 0 Å². The number of rotatable bonds is 9. The lowest BCUT2D eigenvalue weighted by Crippen LogP contribution is -2.28. The number of hydrogen-bond donors (Lipinski definition) is 1. The molecule has 0 radical (unpaired) electrons. The molecule has 0 fully saturated rings. The fraction of sp³-hybridized carbons (Fsp3) is 0.182. The van der Waals surface area contributed by atoms with E-state index in [2.05, 4.69) is 4.72 Å². The second-order valence-electron chi connectivity index (χ2n) is 6.30. The van der Waals surface area contributed by atoms with Gasteiger partial charge in [-0.2, -0.15) is 0 Å². The summed E-state index contributed by atoms with van der Waals surface area (Å²) in [7, 11) is -3.52. The number of aryl methyl sites for hydroxylation is 1. The maximum Gasteiger partial charge on any atom is 0.240 e. The average molecular weight is 397 g/mol. The normalized spacial score (nSPS) is 11.2. The first-order valence-corrected chi connectivity index (χ1v) is 10.5. The molecule has 0 bridgehead atoms. The number of nitrogens with one attached hydrogen (secondary N) is 1. The molecule has 0 saturated heterocycles. The maximum atomic E-state index is 12.2. The first-order valence-electron chi connectivity index (χ1n) is 8.99. The van der Waals surface area contributed by atoms with Crippen LogP contribution >= 0.6 is 0 Å². The quantitative estimate of drug-likeness (QED) is 0.556. The summed E-state index contributed by atoms with van der Waals surface area (Å²) in [4.78, 5) is 0.248. The van der Waals surface area contributed by atoms with Crippen LogP contribution in [0.15, 0.2) is 83.8 Å². The lowest BCUT2D eigenvalue weighted by Gasteiger charge is -2.10. The second kappa shape index (κ2) is 9.39. The van der Waals surface area contributed by atoms with Crippen LogP contribution in [0.1, 0.15) is 11.1 Å². The smallest absolute Gasteiger partial charge is 0.240 e. The zero-order chi connectivity index (χ0) is 19.8. The van der Waals surface area contributed by atoms with E-state index in [-0.39, 0.29) is 18.0 Å². The zero-order valence-corrected chi connectivity index (χ0v) is 16.5. The van der Waals surface area contributed by atoms with Crippen molar-refractivity contribution in [1.29, 1.82) is 0 Å². The fourth-order valence-electron chi connectivity index (χ4n) is 2.52. The van der Waals surface area contributed by atoms with E-state index in [4.69, 9.17) is 9.47 Å². The highest BCUT2D eigenvalue weighted by Gasteiger charge is 2.12. The van der Waals surface area contributed by atoms with Gasteiger partial charge in [-0.05, 0) is 48.9 Å². The minimum absolute atomic E-state index is 0.183. The summed E-state index contributed by atoms with van der Waals surface area (Å²) >= 11 is 0. The topological polar surface area (TPSA) is 64.6 Å². The van der Waals surface area contributed by atoms with Gasteiger partial charge in [0, 0.05) is 6.54 Å². The van der Waals surface area contributed by atoms with Crippen LogP contribution in [-0.2, 0) is 16.6 Å². The van der Waals surface area contributed by atoms with E-state index in [1.54, 1.807) is 36.4 Å². The van der Waals surface area contributed by atoms with Gasteiger partial charge in [-0.15, -0.1) is 0 Å². The van der Waals surface area contributed by atoms with Gasteiger partial charge in [-0.25, -0.2) is 13.1 Å². The molecule has 3 aromatic carbocycles. The summed E-state index contributed by atoms with van der Waals surface area (Å²) in [5.41, 5.74) is 2.11. The number of sulfonamides is 1. The summed E-state index contributed by atoms with van der Waals surface area (Å²) < 4.78 is 38.3. The van der Waals surface area contributed by atoms with Gasteiger partial charge in [0.1, 0.15) is 24.7 Å². The summed E-state index contributed by atoms with van der Waals surface area (Å²) in [5.74, 6) is 1.40. The SMILES string of the molecule is Cc1ccc(S(=O)(=O)NCCOc2ccc(OCc3ccccc3)cc2)cc1. The van der Waals surface area contributed by atoms with Crippen LogP contribution in [0.5, 0.6) is 11.5 Å². The van der Waals surface area contributed by atoms with E-state index in [0.717, 1.165) is 16.9 Å². The molecular weight excluding hydrogens is 374 g/mol. The van der Waals surface area contributed by atoms with Crippen molar-refractivity contribution >= 4 is 10.0 Å². The predicted molar refractivity (Wildman–Crippen MR) is 109 cm³/mol. The van der Waals surface area contributed by atoms with Crippen molar-refractivity contribution in [3.63, 3.8) is 0 Å². The molecule has 6 heteroatoms. The molecule has 0 aliphatic heterocycles. The van der Waals surface area contributed by atoms with Crippen LogP contribution < -0.4 is 14.2 Å². The van der Waals surface area contributed by atoms with E-state index in [9.17, 15) is 8.42 Å². The molecule has 0 spiro atoms. The van der Waals surface area contributed by atoms with Crippen LogP contribution in [0.3, 0.4) is 0 Å². The van der Waals surface area contributed by atoms with E-state index in [1.807, 2.05) is 49.4 Å². The lowest BCUT2D eigenvalue weighted by molar-refractivity contribution is 0.302. The minimum Gasteiger partial charge on any atom is -0.492 e. The van der Waals surface area contributed by atoms with Crippen molar-refractivity contribution in [1.82, 2.24) is 4.72 Å². The Morgan fingerprint density at radius 3 is 2.04 bits per heavy atom. The van der Waals surface area contributed by atoms with Gasteiger partial charge in [0.25, 0.3) is 0 Å². The first kappa shape index (κ1) is 19.9. The van der Waals surface area contributed by atoms with Crippen molar-refractivity contribution in [2.45, 2.75) is 18.4 Å². The van der Waals surface area contributed by atoms with E-state index in [1.165, 1.54) is 0 Å². The molecular formula is C22H23NO4S. The number of benzene rings is 3. The second-order valence-corrected chi connectivity index (χ2v) is 8.07. The molecule has 5 nitrogen and oxygen atoms in total. The molecule has 3 rings (SSSR count). The van der Waals surface area contributed by atoms with Gasteiger partial charge in [-0.1, -0.05) is 48.0 Å². The van der Waals surface area contributed by atoms with Gasteiger partial charge in [-0.3, -0.25) is 0 Å². The van der Waals surface area contributed by atoms with Gasteiger partial charge < -0.3 is 9.47 Å². The number of hydrogen-bond acceptors (Lipinski definition) is 4. The fourth-order valence-corrected chi connectivity index (χ4v) is 3.53. The highest BCUT2D eigenvalue weighted by atomic mass is 32.2. The zero-order valence-electron chi connectivity index (χ0n) is 15.7. The molecule has 0 heterocycles. The maximum absolute atomic E-state index is 12.2. The van der Waals surface area contributed by atoms with Crippen LogP contribution in [0.25, 0.3) is 0 Å². The molecule has 0 aromatic heterocycles. The summed E-state index contributed by atoms with van der Waals surface area (Å²) in [6.07, 6.45) is 0. The predicted octanol–water partition coefficient (Wildman–Crippen LogP) is 3.93. The first-order chi connectivity index (χ1) is 13.5. The van der Waals surface area contributed by atoms with Gasteiger partial charge in [0.05, 0.1) is 4.90 Å². The number of ether oxygens (including phenoxy) is 2. The van der Waals surface area contributed by atoms with Crippen LogP contribution in [0.2, 0.25) is 0 Å². The molecule has 28 heavy (non-hydrogen) atoms. The average Bonchev–Trinajstić information content (AvgIpc) is 2.72. The Balaban J connectivity index is 1.43. The molecule has 0 unspecified atom stereocenters. The molecule has 0 saturated carbocycles. The molecule has 0 aliphatic carbocycles. The van der Waals surface area contributed by atoms with E-state index >= 15 is 0 Å². The molecule has 3 aromatic rings. The lowest BCUT2D eigenvalue weighted by atomic mass is 10.2. The summed E-state index contributed by atoms with van der Waals surface area (Å²) in [6.45, 7) is 2.83. The van der Waals surface area contributed by atoms with Crippen molar-refractivity contribution in [3.8, 4) is 11.5 Å². The summed E-state index contributed by atoms with van der Waals surface area (Å²) in [5, 5.41) is 0. The van der Waals surface area contributed by atoms with Crippen molar-refractivity contribution in [2.24, 2.45) is 0 Å². The third-order valence-electron chi connectivity index (χ3n) is 4.07. The van der Waals surface area contributed by atoms with Gasteiger partial charge in [0.2, 0.25) is 10.0 Å². The van der Waals surface area contributed by atoms with Crippen LogP contribution in [-0.4, -0.2) is 21.6 Å². The third-order valence-corrected chi connectivity index (χ3v) is 5.54. The Kier molecular flexibility index (Phi) is 6.68. The Hall–Kier alpha value is -2.83. The minimum atomic E-state index is -3.52. The van der Waals surface area contributed by atoms with Crippen molar-refractivity contribution in [3.05, 3.63) is 90.0 Å². The standard InChI is InChI=1S/C22H23NO4S/c1-18-7-13-22(14-8-18)28(24,25)23-15-16-26-20-9-11-21(12-10-20)27-17-19-5-3-2-4-6-19/h2-14,23H,15-17H2,1H3. The molecule has 0 atom stereocenters. The highest BCUT2D eigenvalue weighted by molar-refractivity contribution is 7.89. The Morgan fingerprint density at radius 1 is 0.786 bits per heavy atom. The van der Waals surface area contributed by atoms with Gasteiger partial charge >= 0.3 is 0 Å². The monoisotopic (exact) mass is 397 g/mol. The highest BCUT2D eigenvalue weighted by Crippen LogP contribution is 2.18. The molecule has 146 valence electrons. The van der Waals surface area contributed by atoms with E-state index in [0.29, 0.717) is 12.4 Å². The Labute approximate surface area is 166 Å². The molecule has 0 aliphatic rings. The van der Waals surface area contributed by atoms with Crippen LogP contribution in [0.4, 0.5) is 0 Å². The van der Waals surface area contributed by atoms with E-state index < -0.39 is 10.0 Å². The van der Waals surface area contributed by atoms with Crippen LogP contribution in [0, 0.1) is 6.92 Å². The van der Waals surface area contributed by atoms with Crippen molar-refractivity contribution < 1.29 is 17.9 Å². The summed E-state index contributed by atoms with van der Waals surface area (Å²) in [6, 6.07) is 23.9. The Bertz CT molecular complexity index is 969. The molecule has 0 amide bonds. The van der Waals surface area contributed by atoms with Crippen molar-refractivity contribution in [2.75, 3.05) is 13.2 Å². The Morgan fingerprint density at radius 2 is 1.39 bits per heavy atom. The largest absolute Gasteiger partial charge is 0.492 e. The third kappa shape index (κ3) is 5.84. The molecule has 1 N–H and O–H groups in total.